The quantitative estimate of drug-likeness (QED) is 0.930. The Labute approximate surface area is 130 Å². The van der Waals surface area contributed by atoms with E-state index in [2.05, 4.69) is 12.2 Å². The van der Waals surface area contributed by atoms with E-state index in [1.165, 1.54) is 11.3 Å². The van der Waals surface area contributed by atoms with Crippen LogP contribution in [0.1, 0.15) is 49.7 Å². The first-order valence-electron chi connectivity index (χ1n) is 7.58. The van der Waals surface area contributed by atoms with E-state index in [0.717, 1.165) is 24.1 Å². The van der Waals surface area contributed by atoms with Gasteiger partial charge >= 0.3 is 0 Å². The maximum Gasteiger partial charge on any atom is 0.263 e. The summed E-state index contributed by atoms with van der Waals surface area (Å²) in [6.07, 6.45) is 2.42. The van der Waals surface area contributed by atoms with Gasteiger partial charge in [-0.25, -0.2) is 0 Å². The zero-order chi connectivity index (χ0) is 15.5. The third-order valence-corrected chi connectivity index (χ3v) is 5.09. The minimum absolute atomic E-state index is 0.0308. The van der Waals surface area contributed by atoms with Crippen molar-refractivity contribution in [3.05, 3.63) is 22.4 Å². The molecule has 1 saturated heterocycles. The minimum atomic E-state index is -0.152. The van der Waals surface area contributed by atoms with Crippen molar-refractivity contribution >= 4 is 23.2 Å². The van der Waals surface area contributed by atoms with Crippen molar-refractivity contribution in [3.63, 3.8) is 0 Å². The summed E-state index contributed by atoms with van der Waals surface area (Å²) in [5.74, 6) is 0.256. The normalized spacial score (nSPS) is 16.8. The van der Waals surface area contributed by atoms with Gasteiger partial charge in [0.2, 0.25) is 5.91 Å². The Hall–Kier alpha value is -1.36. The fourth-order valence-electron chi connectivity index (χ4n) is 2.42. The van der Waals surface area contributed by atoms with Crippen molar-refractivity contribution in [1.29, 1.82) is 0 Å². The average Bonchev–Trinajstić information content (AvgIpc) is 3.00. The predicted octanol–water partition coefficient (Wildman–Crippen LogP) is 2.91. The van der Waals surface area contributed by atoms with Crippen molar-refractivity contribution in [2.75, 3.05) is 13.1 Å². The molecule has 0 aromatic carbocycles. The second-order valence-electron chi connectivity index (χ2n) is 6.27. The average molecular weight is 308 g/mol. The second-order valence-corrected chi connectivity index (χ2v) is 7.22. The van der Waals surface area contributed by atoms with Crippen LogP contribution >= 0.6 is 11.3 Å². The summed E-state index contributed by atoms with van der Waals surface area (Å²) in [5, 5.41) is 5.02. The van der Waals surface area contributed by atoms with Gasteiger partial charge in [0.25, 0.3) is 5.91 Å². The summed E-state index contributed by atoms with van der Waals surface area (Å²) in [4.78, 5) is 27.2. The van der Waals surface area contributed by atoms with Crippen LogP contribution in [0.5, 0.6) is 0 Å². The second kappa shape index (κ2) is 6.60. The summed E-state index contributed by atoms with van der Waals surface area (Å²) in [6.45, 7) is 7.49. The fraction of sp³-hybridized carbons (Fsp3) is 0.625. The number of thiophene rings is 1. The summed E-state index contributed by atoms with van der Waals surface area (Å²) < 4.78 is 0. The van der Waals surface area contributed by atoms with Crippen LogP contribution in [-0.4, -0.2) is 35.3 Å². The van der Waals surface area contributed by atoms with Gasteiger partial charge in [0, 0.05) is 24.5 Å². The van der Waals surface area contributed by atoms with Crippen molar-refractivity contribution < 1.29 is 9.59 Å². The van der Waals surface area contributed by atoms with Crippen LogP contribution in [0.2, 0.25) is 0 Å². The van der Waals surface area contributed by atoms with Crippen LogP contribution in [0.3, 0.4) is 0 Å². The number of hydrogen-bond donors (Lipinski definition) is 1. The number of likely N-dealkylation sites (tertiary alicyclic amines) is 1. The highest BCUT2D eigenvalue weighted by molar-refractivity contribution is 7.12. The van der Waals surface area contributed by atoms with Crippen molar-refractivity contribution in [2.24, 2.45) is 5.92 Å². The number of piperidine rings is 1. The van der Waals surface area contributed by atoms with Crippen molar-refractivity contribution in [1.82, 2.24) is 10.2 Å². The van der Waals surface area contributed by atoms with Gasteiger partial charge in [0.05, 0.1) is 4.88 Å². The number of carbonyl (C=O) groups is 2. The first-order chi connectivity index (χ1) is 9.93. The highest BCUT2D eigenvalue weighted by Gasteiger charge is 2.30. The van der Waals surface area contributed by atoms with Crippen LogP contribution in [0.15, 0.2) is 17.5 Å². The van der Waals surface area contributed by atoms with E-state index >= 15 is 0 Å². The molecule has 1 aliphatic heterocycles. The number of nitrogens with zero attached hydrogens (tertiary/aromatic N) is 1. The number of carbonyl (C=O) groups excluding carboxylic acids is 2. The molecule has 1 N–H and O–H groups in total. The molecule has 0 spiro atoms. The van der Waals surface area contributed by atoms with Gasteiger partial charge in [-0.05, 0) is 44.6 Å². The maximum absolute atomic E-state index is 12.3. The Morgan fingerprint density at radius 3 is 2.57 bits per heavy atom. The standard InChI is InChI=1S/C16H24N2O2S/c1-4-16(2,3)17-14(19)12-7-9-18(10-8-12)15(20)13-6-5-11-21-13/h5-6,11-12H,4,7-10H2,1-3H3,(H,17,19). The van der Waals surface area contributed by atoms with Crippen LogP contribution in [0.4, 0.5) is 0 Å². The molecule has 1 aromatic rings. The molecule has 0 atom stereocenters. The minimum Gasteiger partial charge on any atom is -0.351 e. The van der Waals surface area contributed by atoms with Crippen molar-refractivity contribution in [2.45, 2.75) is 45.6 Å². The molecule has 4 nitrogen and oxygen atoms in total. The summed E-state index contributed by atoms with van der Waals surface area (Å²) >= 11 is 1.47. The maximum atomic E-state index is 12.3. The third-order valence-electron chi connectivity index (χ3n) is 4.23. The van der Waals surface area contributed by atoms with Gasteiger partial charge < -0.3 is 10.2 Å². The largest absolute Gasteiger partial charge is 0.351 e. The number of hydrogen-bond acceptors (Lipinski definition) is 3. The zero-order valence-electron chi connectivity index (χ0n) is 13.0. The molecule has 0 unspecified atom stereocenters. The van der Waals surface area contributed by atoms with Gasteiger partial charge in [-0.3, -0.25) is 9.59 Å². The summed E-state index contributed by atoms with van der Waals surface area (Å²) in [5.41, 5.74) is -0.152. The molecule has 0 bridgehead atoms. The molecular weight excluding hydrogens is 284 g/mol. The van der Waals surface area contributed by atoms with Gasteiger partial charge in [-0.15, -0.1) is 11.3 Å². The Bertz CT molecular complexity index is 488. The van der Waals surface area contributed by atoms with Gasteiger partial charge in [-0.2, -0.15) is 0 Å². The molecule has 0 radical (unpaired) electrons. The smallest absolute Gasteiger partial charge is 0.263 e. The van der Waals surface area contributed by atoms with Crippen molar-refractivity contribution in [3.8, 4) is 0 Å². The molecule has 21 heavy (non-hydrogen) atoms. The van der Waals surface area contributed by atoms with E-state index in [1.807, 2.05) is 36.3 Å². The monoisotopic (exact) mass is 308 g/mol. The lowest BCUT2D eigenvalue weighted by Gasteiger charge is -2.33. The van der Waals surface area contributed by atoms with Gasteiger partial charge in [-0.1, -0.05) is 13.0 Å². The van der Waals surface area contributed by atoms with E-state index in [9.17, 15) is 9.59 Å². The SMILES string of the molecule is CCC(C)(C)NC(=O)C1CCN(C(=O)c2cccs2)CC1. The predicted molar refractivity (Wildman–Crippen MR) is 85.5 cm³/mol. The Balaban J connectivity index is 1.86. The Morgan fingerprint density at radius 2 is 2.05 bits per heavy atom. The number of nitrogens with one attached hydrogen (secondary N) is 1. The molecule has 1 fully saturated rings. The molecule has 0 aliphatic carbocycles. The first kappa shape index (κ1) is 16.0. The van der Waals surface area contributed by atoms with Gasteiger partial charge in [0.1, 0.15) is 0 Å². The molecule has 116 valence electrons. The zero-order valence-corrected chi connectivity index (χ0v) is 13.8. The highest BCUT2D eigenvalue weighted by atomic mass is 32.1. The number of rotatable bonds is 4. The van der Waals surface area contributed by atoms with Crippen LogP contribution < -0.4 is 5.32 Å². The number of amides is 2. The first-order valence-corrected chi connectivity index (χ1v) is 8.45. The molecule has 1 aliphatic rings. The molecular formula is C16H24N2O2S. The Kier molecular flexibility index (Phi) is 5.04. The fourth-order valence-corrected chi connectivity index (χ4v) is 3.12. The molecule has 2 heterocycles. The van der Waals surface area contributed by atoms with E-state index in [4.69, 9.17) is 0 Å². The molecule has 2 amide bonds. The molecule has 5 heteroatoms. The van der Waals surface area contributed by atoms with Crippen LogP contribution in [-0.2, 0) is 4.79 Å². The van der Waals surface area contributed by atoms with E-state index in [-0.39, 0.29) is 23.3 Å². The lowest BCUT2D eigenvalue weighted by Crippen LogP contribution is -2.48. The lowest BCUT2D eigenvalue weighted by atomic mass is 9.93. The highest BCUT2D eigenvalue weighted by Crippen LogP contribution is 2.22. The van der Waals surface area contributed by atoms with Crippen LogP contribution in [0, 0.1) is 5.92 Å². The van der Waals surface area contributed by atoms with Gasteiger partial charge in [0.15, 0.2) is 0 Å². The molecule has 2 rings (SSSR count). The lowest BCUT2D eigenvalue weighted by molar-refractivity contribution is -0.128. The Morgan fingerprint density at radius 1 is 1.38 bits per heavy atom. The van der Waals surface area contributed by atoms with Crippen LogP contribution in [0.25, 0.3) is 0 Å². The van der Waals surface area contributed by atoms with E-state index < -0.39 is 0 Å². The summed E-state index contributed by atoms with van der Waals surface area (Å²) in [6, 6.07) is 3.75. The molecule has 0 saturated carbocycles. The third kappa shape index (κ3) is 4.06. The van der Waals surface area contributed by atoms with E-state index in [1.54, 1.807) is 0 Å². The topological polar surface area (TPSA) is 49.4 Å². The van der Waals surface area contributed by atoms with E-state index in [0.29, 0.717) is 13.1 Å². The molecule has 1 aromatic heterocycles. The summed E-state index contributed by atoms with van der Waals surface area (Å²) in [7, 11) is 0.